The highest BCUT2D eigenvalue weighted by atomic mass is 31.2. The first kappa shape index (κ1) is 17.4. The number of terminal acetylenes is 1. The van der Waals surface area contributed by atoms with E-state index in [1.807, 2.05) is 0 Å². The first-order valence-corrected chi connectivity index (χ1v) is 12.1. The van der Waals surface area contributed by atoms with Crippen LogP contribution in [0.15, 0.2) is 30.5 Å². The zero-order chi connectivity index (χ0) is 17.5. The number of hydrogen-bond acceptors (Lipinski definition) is 1. The van der Waals surface area contributed by atoms with Crippen molar-refractivity contribution < 1.29 is 0 Å². The van der Waals surface area contributed by atoms with Crippen LogP contribution in [-0.4, -0.2) is 37.2 Å². The maximum absolute atomic E-state index is 5.69. The summed E-state index contributed by atoms with van der Waals surface area (Å²) < 4.78 is 0. The molecule has 0 spiro atoms. The molecule has 0 aromatic heterocycles. The SMILES string of the molecule is C#Cc1ccc2c(c1)C(N1CCCC1=C)C(CP(=C)(C)C)C(C)C2. The first-order valence-electron chi connectivity index (χ1n) is 9.01. The van der Waals surface area contributed by atoms with Crippen molar-refractivity contribution in [1.82, 2.24) is 4.90 Å². The van der Waals surface area contributed by atoms with E-state index in [1.54, 1.807) is 0 Å². The summed E-state index contributed by atoms with van der Waals surface area (Å²) in [6, 6.07) is 7.04. The number of rotatable bonds is 3. The molecule has 1 aromatic carbocycles. The molecule has 1 heterocycles. The Labute approximate surface area is 148 Å². The van der Waals surface area contributed by atoms with Crippen LogP contribution in [0.5, 0.6) is 0 Å². The Morgan fingerprint density at radius 3 is 2.71 bits per heavy atom. The zero-order valence-electron chi connectivity index (χ0n) is 15.4. The lowest BCUT2D eigenvalue weighted by Crippen LogP contribution is -2.39. The van der Waals surface area contributed by atoms with E-state index in [9.17, 15) is 0 Å². The molecule has 3 rings (SSSR count). The van der Waals surface area contributed by atoms with Crippen molar-refractivity contribution in [3.05, 3.63) is 47.2 Å². The average Bonchev–Trinajstić information content (AvgIpc) is 2.92. The van der Waals surface area contributed by atoms with Crippen molar-refractivity contribution >= 4 is 13.2 Å². The highest BCUT2D eigenvalue weighted by Crippen LogP contribution is 2.51. The van der Waals surface area contributed by atoms with Crippen molar-refractivity contribution in [3.8, 4) is 12.3 Å². The van der Waals surface area contributed by atoms with E-state index >= 15 is 0 Å². The third-order valence-electron chi connectivity index (χ3n) is 5.62. The van der Waals surface area contributed by atoms with Crippen molar-refractivity contribution in [3.63, 3.8) is 0 Å². The summed E-state index contributed by atoms with van der Waals surface area (Å²) in [4.78, 5) is 2.58. The van der Waals surface area contributed by atoms with Gasteiger partial charge in [0.25, 0.3) is 0 Å². The Hall–Kier alpha value is -1.38. The summed E-state index contributed by atoms with van der Waals surface area (Å²) in [6.45, 7) is 11.5. The smallest absolute Gasteiger partial charge is 0.0576 e. The molecule has 0 saturated carbocycles. The molecule has 128 valence electrons. The second kappa shape index (κ2) is 6.50. The summed E-state index contributed by atoms with van der Waals surface area (Å²) in [5.41, 5.74) is 5.23. The van der Waals surface area contributed by atoms with E-state index in [0.29, 0.717) is 17.9 Å². The summed E-state index contributed by atoms with van der Waals surface area (Å²) in [5, 5.41) is 0. The highest BCUT2D eigenvalue weighted by Gasteiger charge is 2.40. The Kier molecular flexibility index (Phi) is 4.72. The number of likely N-dealkylation sites (tertiary alicyclic amines) is 1. The Balaban J connectivity index is 2.10. The lowest BCUT2D eigenvalue weighted by molar-refractivity contribution is 0.161. The average molecular weight is 339 g/mol. The van der Waals surface area contributed by atoms with E-state index < -0.39 is 6.89 Å². The van der Waals surface area contributed by atoms with Crippen LogP contribution < -0.4 is 0 Å². The van der Waals surface area contributed by atoms with Gasteiger partial charge in [-0.25, -0.2) is 0 Å². The first-order chi connectivity index (χ1) is 11.3. The zero-order valence-corrected chi connectivity index (χ0v) is 16.3. The standard InChI is InChI=1S/C22H30NP/c1-7-18-10-11-19-13-16(2)21(15-24(4,5)6)22(20(19)14-18)23-12-8-9-17(23)3/h1,10-11,14,16,21-22H,3-4,8-9,12-13,15H2,2,5-6H3. The van der Waals surface area contributed by atoms with Gasteiger partial charge in [-0.05, 0) is 73.8 Å². The molecule has 1 aliphatic carbocycles. The van der Waals surface area contributed by atoms with E-state index in [2.05, 4.69) is 62.2 Å². The summed E-state index contributed by atoms with van der Waals surface area (Å²) in [5.74, 6) is 4.14. The van der Waals surface area contributed by atoms with Crippen molar-refractivity contribution in [2.45, 2.75) is 32.2 Å². The predicted octanol–water partition coefficient (Wildman–Crippen LogP) is 4.84. The van der Waals surface area contributed by atoms with Crippen LogP contribution >= 0.6 is 6.89 Å². The normalized spacial score (nSPS) is 27.0. The lowest BCUT2D eigenvalue weighted by atomic mass is 9.73. The molecule has 1 aromatic rings. The van der Waals surface area contributed by atoms with Crippen LogP contribution in [0.25, 0.3) is 0 Å². The molecule has 1 aliphatic heterocycles. The van der Waals surface area contributed by atoms with Crippen LogP contribution in [0.4, 0.5) is 0 Å². The maximum Gasteiger partial charge on any atom is 0.0576 e. The van der Waals surface area contributed by atoms with Gasteiger partial charge >= 0.3 is 0 Å². The molecular weight excluding hydrogens is 309 g/mol. The van der Waals surface area contributed by atoms with Crippen molar-refractivity contribution in [2.75, 3.05) is 26.0 Å². The number of allylic oxidation sites excluding steroid dienone is 1. The molecular formula is C22H30NP. The molecule has 0 bridgehead atoms. The summed E-state index contributed by atoms with van der Waals surface area (Å²) in [7, 11) is 0. The Bertz CT molecular complexity index is 733. The van der Waals surface area contributed by atoms with Crippen molar-refractivity contribution in [2.24, 2.45) is 11.8 Å². The molecule has 0 amide bonds. The van der Waals surface area contributed by atoms with Crippen LogP contribution in [0, 0.1) is 24.2 Å². The number of benzene rings is 1. The second-order valence-corrected chi connectivity index (χ2v) is 12.6. The fraction of sp³-hybridized carbons (Fsp3) is 0.500. The Morgan fingerprint density at radius 1 is 1.38 bits per heavy atom. The van der Waals surface area contributed by atoms with Crippen LogP contribution in [0.1, 0.15) is 42.5 Å². The van der Waals surface area contributed by atoms with Gasteiger partial charge in [-0.15, -0.1) is 19.6 Å². The molecule has 24 heavy (non-hydrogen) atoms. The highest BCUT2D eigenvalue weighted by molar-refractivity contribution is 7.72. The van der Waals surface area contributed by atoms with Gasteiger partial charge in [-0.2, -0.15) is 0 Å². The third-order valence-corrected chi connectivity index (χ3v) is 7.03. The minimum atomic E-state index is -1.10. The maximum atomic E-state index is 5.69. The van der Waals surface area contributed by atoms with Gasteiger partial charge in [0.15, 0.2) is 0 Å². The molecule has 0 radical (unpaired) electrons. The van der Waals surface area contributed by atoms with Crippen LogP contribution in [0.2, 0.25) is 0 Å². The lowest BCUT2D eigenvalue weighted by Gasteiger charge is -2.45. The van der Waals surface area contributed by atoms with Gasteiger partial charge in [-0.3, -0.25) is 0 Å². The second-order valence-electron chi connectivity index (χ2n) is 8.33. The monoisotopic (exact) mass is 339 g/mol. The minimum Gasteiger partial charge on any atom is -0.368 e. The topological polar surface area (TPSA) is 3.24 Å². The summed E-state index contributed by atoms with van der Waals surface area (Å²) >= 11 is 0. The predicted molar refractivity (Wildman–Crippen MR) is 109 cm³/mol. The molecule has 3 atom stereocenters. The van der Waals surface area contributed by atoms with E-state index in [-0.39, 0.29) is 0 Å². The Morgan fingerprint density at radius 2 is 2.12 bits per heavy atom. The molecule has 2 heteroatoms. The quantitative estimate of drug-likeness (QED) is 0.563. The van der Waals surface area contributed by atoms with Crippen LogP contribution in [0.3, 0.4) is 0 Å². The molecule has 1 nitrogen and oxygen atoms in total. The number of fused-ring (bicyclic) bond motifs is 1. The number of hydrogen-bond donors (Lipinski definition) is 0. The molecule has 2 aliphatic rings. The van der Waals surface area contributed by atoms with Crippen LogP contribution in [-0.2, 0) is 6.42 Å². The summed E-state index contributed by atoms with van der Waals surface area (Å²) in [6.07, 6.45) is 14.9. The molecule has 0 N–H and O–H groups in total. The van der Waals surface area contributed by atoms with Gasteiger partial charge in [0, 0.05) is 17.8 Å². The molecule has 1 fully saturated rings. The van der Waals surface area contributed by atoms with E-state index in [4.69, 9.17) is 6.42 Å². The van der Waals surface area contributed by atoms with E-state index in [1.165, 1.54) is 29.4 Å². The van der Waals surface area contributed by atoms with Gasteiger partial charge in [-0.1, -0.05) is 25.5 Å². The van der Waals surface area contributed by atoms with Gasteiger partial charge in [0.1, 0.15) is 0 Å². The molecule has 3 unspecified atom stereocenters. The largest absolute Gasteiger partial charge is 0.368 e. The van der Waals surface area contributed by atoms with Gasteiger partial charge < -0.3 is 4.90 Å². The molecule has 1 saturated heterocycles. The van der Waals surface area contributed by atoms with Crippen molar-refractivity contribution in [1.29, 1.82) is 0 Å². The fourth-order valence-electron chi connectivity index (χ4n) is 4.53. The van der Waals surface area contributed by atoms with E-state index in [0.717, 1.165) is 24.9 Å². The van der Waals surface area contributed by atoms with Gasteiger partial charge in [0.05, 0.1) is 6.04 Å². The fourth-order valence-corrected chi connectivity index (χ4v) is 6.23. The van der Waals surface area contributed by atoms with Gasteiger partial charge in [0.2, 0.25) is 0 Å². The third kappa shape index (κ3) is 3.36. The minimum absolute atomic E-state index is 0.424. The number of nitrogens with zero attached hydrogens (tertiary/aromatic N) is 1.